The summed E-state index contributed by atoms with van der Waals surface area (Å²) in [5.41, 5.74) is 1.09. The van der Waals surface area contributed by atoms with Crippen LogP contribution in [0.15, 0.2) is 42.5 Å². The Labute approximate surface area is 171 Å². The van der Waals surface area contributed by atoms with Gasteiger partial charge in [0, 0.05) is 32.0 Å². The molecule has 1 aromatic heterocycles. The average molecular weight is 389 g/mol. The molecular weight excluding hydrogens is 360 g/mol. The lowest BCUT2D eigenvalue weighted by atomic mass is 9.96. The van der Waals surface area contributed by atoms with Crippen molar-refractivity contribution in [2.24, 2.45) is 0 Å². The summed E-state index contributed by atoms with van der Waals surface area (Å²) >= 11 is 0. The van der Waals surface area contributed by atoms with Gasteiger partial charge in [-0.2, -0.15) is 0 Å². The van der Waals surface area contributed by atoms with Crippen LogP contribution in [0.3, 0.4) is 0 Å². The fraction of sp³-hybridized carbons (Fsp3) is 0.458. The van der Waals surface area contributed by atoms with E-state index in [1.54, 1.807) is 0 Å². The zero-order valence-electron chi connectivity index (χ0n) is 16.9. The van der Waals surface area contributed by atoms with Crippen molar-refractivity contribution < 1.29 is 4.79 Å². The maximum Gasteiger partial charge on any atom is 0.227 e. The Bertz CT molecular complexity index is 1020. The molecule has 1 fully saturated rings. The number of fused-ring (bicyclic) bond motifs is 2. The normalized spacial score (nSPS) is 19.7. The largest absolute Gasteiger partial charge is 0.342 e. The summed E-state index contributed by atoms with van der Waals surface area (Å²) in [6, 6.07) is 14.7. The van der Waals surface area contributed by atoms with Gasteiger partial charge >= 0.3 is 0 Å². The zero-order chi connectivity index (χ0) is 19.6. The molecule has 0 saturated carbocycles. The highest BCUT2D eigenvalue weighted by molar-refractivity contribution is 5.85. The predicted molar refractivity (Wildman–Crippen MR) is 114 cm³/mol. The van der Waals surface area contributed by atoms with Crippen LogP contribution in [0.1, 0.15) is 55.2 Å². The number of benzene rings is 2. The number of likely N-dealkylation sites (tertiary alicyclic amines) is 1. The summed E-state index contributed by atoms with van der Waals surface area (Å²) in [6.45, 7) is 2.65. The van der Waals surface area contributed by atoms with Crippen molar-refractivity contribution in [3.63, 3.8) is 0 Å². The van der Waals surface area contributed by atoms with Crippen LogP contribution in [0, 0.1) is 0 Å². The van der Waals surface area contributed by atoms with Crippen LogP contribution < -0.4 is 0 Å². The Morgan fingerprint density at radius 2 is 1.86 bits per heavy atom. The molecule has 1 saturated heterocycles. The molecule has 5 rings (SSSR count). The van der Waals surface area contributed by atoms with Crippen molar-refractivity contribution in [2.75, 3.05) is 13.1 Å². The Morgan fingerprint density at radius 3 is 2.79 bits per heavy atom. The lowest BCUT2D eigenvalue weighted by molar-refractivity contribution is -0.131. The number of hydrogen-bond donors (Lipinski definition) is 0. The van der Waals surface area contributed by atoms with E-state index in [2.05, 4.69) is 45.1 Å². The fourth-order valence-electron chi connectivity index (χ4n) is 4.86. The SMILES string of the molecule is O=C(Cc1ccc2ccccc2c1)N1CCCC(c2nnc3n2CCCCC3)C1. The predicted octanol–water partition coefficient (Wildman–Crippen LogP) is 4.11. The van der Waals surface area contributed by atoms with E-state index in [9.17, 15) is 4.79 Å². The van der Waals surface area contributed by atoms with Crippen molar-refractivity contribution in [3.8, 4) is 0 Å². The van der Waals surface area contributed by atoms with Gasteiger partial charge in [-0.1, -0.05) is 48.9 Å². The minimum Gasteiger partial charge on any atom is -0.342 e. The topological polar surface area (TPSA) is 51.0 Å². The highest BCUT2D eigenvalue weighted by Crippen LogP contribution is 2.28. The first-order chi connectivity index (χ1) is 14.3. The lowest BCUT2D eigenvalue weighted by Crippen LogP contribution is -2.40. The minimum absolute atomic E-state index is 0.223. The third kappa shape index (κ3) is 3.78. The minimum atomic E-state index is 0.223. The van der Waals surface area contributed by atoms with E-state index in [1.165, 1.54) is 30.0 Å². The molecule has 5 heteroatoms. The van der Waals surface area contributed by atoms with Crippen molar-refractivity contribution >= 4 is 16.7 Å². The van der Waals surface area contributed by atoms with Gasteiger partial charge in [0.25, 0.3) is 0 Å². The molecular formula is C24H28N4O. The third-order valence-electron chi connectivity index (χ3n) is 6.45. The van der Waals surface area contributed by atoms with E-state index in [0.717, 1.165) is 56.1 Å². The van der Waals surface area contributed by atoms with E-state index in [0.29, 0.717) is 12.3 Å². The second kappa shape index (κ2) is 7.97. The van der Waals surface area contributed by atoms with Gasteiger partial charge in [-0.15, -0.1) is 10.2 Å². The van der Waals surface area contributed by atoms with E-state index >= 15 is 0 Å². The van der Waals surface area contributed by atoms with E-state index in [1.807, 2.05) is 17.0 Å². The van der Waals surface area contributed by atoms with Crippen LogP contribution in [-0.4, -0.2) is 38.7 Å². The summed E-state index contributed by atoms with van der Waals surface area (Å²) in [4.78, 5) is 15.1. The first kappa shape index (κ1) is 18.3. The van der Waals surface area contributed by atoms with Crippen LogP contribution in [0.2, 0.25) is 0 Å². The Hall–Kier alpha value is -2.69. The van der Waals surface area contributed by atoms with Gasteiger partial charge in [-0.25, -0.2) is 0 Å². The summed E-state index contributed by atoms with van der Waals surface area (Å²) in [5.74, 6) is 2.77. The maximum atomic E-state index is 13.0. The standard InChI is InChI=1S/C24H28N4O/c29-23(16-18-11-12-19-7-3-4-8-20(19)15-18)27-13-6-9-21(17-27)24-26-25-22-10-2-1-5-14-28(22)24/h3-4,7-8,11-12,15,21H,1-2,5-6,9-10,13-14,16-17H2. The second-order valence-electron chi connectivity index (χ2n) is 8.47. The Morgan fingerprint density at radius 1 is 0.966 bits per heavy atom. The molecule has 150 valence electrons. The zero-order valence-corrected chi connectivity index (χ0v) is 16.9. The van der Waals surface area contributed by atoms with Gasteiger partial charge in [-0.05, 0) is 42.0 Å². The van der Waals surface area contributed by atoms with E-state index in [-0.39, 0.29) is 5.91 Å². The number of hydrogen-bond acceptors (Lipinski definition) is 3. The number of piperidine rings is 1. The molecule has 1 amide bonds. The maximum absolute atomic E-state index is 13.0. The third-order valence-corrected chi connectivity index (χ3v) is 6.45. The van der Waals surface area contributed by atoms with Crippen LogP contribution in [0.4, 0.5) is 0 Å². The molecule has 0 radical (unpaired) electrons. The molecule has 1 unspecified atom stereocenters. The molecule has 2 aromatic carbocycles. The molecule has 29 heavy (non-hydrogen) atoms. The van der Waals surface area contributed by atoms with Crippen molar-refractivity contribution in [1.29, 1.82) is 0 Å². The molecule has 3 heterocycles. The van der Waals surface area contributed by atoms with Crippen molar-refractivity contribution in [3.05, 3.63) is 59.7 Å². The summed E-state index contributed by atoms with van der Waals surface area (Å²) < 4.78 is 2.34. The molecule has 1 atom stereocenters. The first-order valence-corrected chi connectivity index (χ1v) is 11.0. The van der Waals surface area contributed by atoms with Gasteiger partial charge in [0.05, 0.1) is 6.42 Å². The smallest absolute Gasteiger partial charge is 0.227 e. The second-order valence-corrected chi connectivity index (χ2v) is 8.47. The quantitative estimate of drug-likeness (QED) is 0.679. The average Bonchev–Trinajstić information content (AvgIpc) is 3.02. The molecule has 0 N–H and O–H groups in total. The summed E-state index contributed by atoms with van der Waals surface area (Å²) in [6.07, 6.45) is 7.31. The molecule has 3 aromatic rings. The van der Waals surface area contributed by atoms with Gasteiger partial charge in [0.15, 0.2) is 0 Å². The summed E-state index contributed by atoms with van der Waals surface area (Å²) in [5, 5.41) is 11.4. The highest BCUT2D eigenvalue weighted by Gasteiger charge is 2.29. The van der Waals surface area contributed by atoms with E-state index < -0.39 is 0 Å². The van der Waals surface area contributed by atoms with E-state index in [4.69, 9.17) is 0 Å². The van der Waals surface area contributed by atoms with Gasteiger partial charge in [-0.3, -0.25) is 4.79 Å². The number of carbonyl (C=O) groups excluding carboxylic acids is 1. The van der Waals surface area contributed by atoms with Crippen LogP contribution >= 0.6 is 0 Å². The number of amides is 1. The summed E-state index contributed by atoms with van der Waals surface area (Å²) in [7, 11) is 0. The number of nitrogens with zero attached hydrogens (tertiary/aromatic N) is 4. The molecule has 0 bridgehead atoms. The van der Waals surface area contributed by atoms with Crippen LogP contribution in [-0.2, 0) is 24.2 Å². The fourth-order valence-corrected chi connectivity index (χ4v) is 4.86. The number of aromatic nitrogens is 3. The highest BCUT2D eigenvalue weighted by atomic mass is 16.2. The first-order valence-electron chi connectivity index (χ1n) is 11.0. The lowest BCUT2D eigenvalue weighted by Gasteiger charge is -2.32. The van der Waals surface area contributed by atoms with Gasteiger partial charge in [0.1, 0.15) is 11.6 Å². The number of carbonyl (C=O) groups is 1. The molecule has 5 nitrogen and oxygen atoms in total. The number of aryl methyl sites for hydroxylation is 1. The van der Waals surface area contributed by atoms with Gasteiger partial charge < -0.3 is 9.47 Å². The number of rotatable bonds is 3. The molecule has 2 aliphatic heterocycles. The Balaban J connectivity index is 1.30. The van der Waals surface area contributed by atoms with Crippen LogP contribution in [0.5, 0.6) is 0 Å². The van der Waals surface area contributed by atoms with Crippen molar-refractivity contribution in [2.45, 2.75) is 57.4 Å². The molecule has 0 aliphatic carbocycles. The van der Waals surface area contributed by atoms with Crippen LogP contribution in [0.25, 0.3) is 10.8 Å². The van der Waals surface area contributed by atoms with Crippen molar-refractivity contribution in [1.82, 2.24) is 19.7 Å². The monoisotopic (exact) mass is 388 g/mol. The molecule has 0 spiro atoms. The molecule has 2 aliphatic rings. The van der Waals surface area contributed by atoms with Gasteiger partial charge in [0.2, 0.25) is 5.91 Å². The Kier molecular flexibility index (Phi) is 5.04.